The molecule has 0 saturated heterocycles. The third-order valence-electron chi connectivity index (χ3n) is 8.43. The van der Waals surface area contributed by atoms with Crippen LogP contribution in [0.15, 0.2) is 60.8 Å². The summed E-state index contributed by atoms with van der Waals surface area (Å²) in [6, 6.07) is 0. The van der Waals surface area contributed by atoms with Crippen LogP contribution in [0.3, 0.4) is 0 Å². The molecule has 0 aromatic carbocycles. The highest BCUT2D eigenvalue weighted by molar-refractivity contribution is 7.47. The minimum atomic E-state index is -4.43. The highest BCUT2D eigenvalue weighted by Crippen LogP contribution is 2.42. The molecule has 0 aliphatic carbocycles. The van der Waals surface area contributed by atoms with Crippen LogP contribution < -0.4 is 5.32 Å². The maximum absolute atomic E-state index is 12.1. The van der Waals surface area contributed by atoms with Crippen molar-refractivity contribution in [3.63, 3.8) is 0 Å². The molecule has 0 saturated carbocycles. The predicted octanol–water partition coefficient (Wildman–Crippen LogP) is 11.3. The first-order chi connectivity index (χ1) is 25.8. The second-order valence-electron chi connectivity index (χ2n) is 13.6. The van der Waals surface area contributed by atoms with E-state index in [1.165, 1.54) is 64.2 Å². The molecule has 0 heterocycles. The summed E-state index contributed by atoms with van der Waals surface area (Å²) in [6.07, 6.45) is 45.8. The van der Waals surface area contributed by atoms with Crippen molar-refractivity contribution in [1.29, 1.82) is 0 Å². The smallest absolute Gasteiger partial charge is 0.463 e. The molecule has 0 rings (SSSR count). The number of aliphatic hydroxyl groups excluding tert-OH is 1. The largest absolute Gasteiger partial charge is 0.472 e. The Labute approximate surface area is 323 Å². The molecule has 10 heteroatoms. The lowest BCUT2D eigenvalue weighted by Crippen LogP contribution is -2.27. The topological polar surface area (TPSA) is 131 Å². The Balaban J connectivity index is 3.67. The summed E-state index contributed by atoms with van der Waals surface area (Å²) >= 11 is 0. The Bertz CT molecular complexity index is 1050. The van der Waals surface area contributed by atoms with Crippen molar-refractivity contribution in [3.8, 4) is 0 Å². The molecule has 0 radical (unpaired) electrons. The number of rotatable bonds is 38. The van der Waals surface area contributed by atoms with E-state index in [2.05, 4.69) is 79.9 Å². The van der Waals surface area contributed by atoms with E-state index in [0.717, 1.165) is 77.0 Å². The fourth-order valence-electron chi connectivity index (χ4n) is 5.31. The fourth-order valence-corrected chi connectivity index (χ4v) is 6.06. The van der Waals surface area contributed by atoms with Gasteiger partial charge in [-0.15, -0.1) is 0 Å². The molecule has 2 atom stereocenters. The molecular weight excluding hydrogens is 689 g/mol. The van der Waals surface area contributed by atoms with Gasteiger partial charge in [-0.1, -0.05) is 139 Å². The third-order valence-corrected chi connectivity index (χ3v) is 9.42. The van der Waals surface area contributed by atoms with Crippen LogP contribution in [-0.4, -0.2) is 54.3 Å². The average Bonchev–Trinajstić information content (AvgIpc) is 3.14. The van der Waals surface area contributed by atoms with E-state index < -0.39 is 26.5 Å². The van der Waals surface area contributed by atoms with Crippen LogP contribution >= 0.6 is 7.82 Å². The standard InChI is InChI=1S/C43H76NO8P/c1-3-5-7-9-11-13-15-17-19-20-22-24-26-28-30-32-34-36-43(47)50-39-41(45)40-52-53(48,49)51-38-37-44-42(46)35-33-31-29-27-25-23-21-18-16-14-12-10-8-6-4-2/h6,8,12,14,17-19,21,25,27,41,45H,3-5,7,9-11,13,15-16,20,22-24,26,28-40H2,1-2H3,(H,44,46)(H,48,49)/b8-6-,14-12-,19-17-,21-18-,27-25-. The maximum Gasteiger partial charge on any atom is 0.472 e. The van der Waals surface area contributed by atoms with Crippen molar-refractivity contribution in [2.75, 3.05) is 26.4 Å². The summed E-state index contributed by atoms with van der Waals surface area (Å²) in [4.78, 5) is 33.8. The minimum absolute atomic E-state index is 0.0563. The average molecular weight is 766 g/mol. The quantitative estimate of drug-likeness (QED) is 0.0245. The van der Waals surface area contributed by atoms with Gasteiger partial charge in [0.1, 0.15) is 12.7 Å². The molecule has 53 heavy (non-hydrogen) atoms. The molecule has 1 amide bonds. The molecule has 0 aliphatic heterocycles. The molecular formula is C43H76NO8P. The van der Waals surface area contributed by atoms with E-state index in [9.17, 15) is 24.2 Å². The zero-order chi connectivity index (χ0) is 38.9. The molecule has 0 bridgehead atoms. The second-order valence-corrected chi connectivity index (χ2v) is 15.0. The van der Waals surface area contributed by atoms with Gasteiger partial charge in [-0.2, -0.15) is 0 Å². The number of carbonyl (C=O) groups is 2. The molecule has 0 aromatic rings. The normalized spacial score (nSPS) is 14.0. The van der Waals surface area contributed by atoms with Crippen molar-refractivity contribution in [1.82, 2.24) is 5.32 Å². The fraction of sp³-hybridized carbons (Fsp3) is 0.721. The first-order valence-corrected chi connectivity index (χ1v) is 22.3. The zero-order valence-corrected chi connectivity index (χ0v) is 34.3. The van der Waals surface area contributed by atoms with Gasteiger partial charge in [0.05, 0.1) is 13.2 Å². The summed E-state index contributed by atoms with van der Waals surface area (Å²) in [7, 11) is -4.43. The first-order valence-electron chi connectivity index (χ1n) is 20.8. The van der Waals surface area contributed by atoms with Crippen LogP contribution in [0.1, 0.15) is 168 Å². The number of unbranched alkanes of at least 4 members (excludes halogenated alkanes) is 15. The number of ether oxygens (including phenoxy) is 1. The van der Waals surface area contributed by atoms with Crippen LogP contribution in [0.5, 0.6) is 0 Å². The molecule has 9 nitrogen and oxygen atoms in total. The monoisotopic (exact) mass is 766 g/mol. The van der Waals surface area contributed by atoms with Crippen molar-refractivity contribution < 1.29 is 37.9 Å². The molecule has 0 fully saturated rings. The van der Waals surface area contributed by atoms with E-state index in [-0.39, 0.29) is 32.1 Å². The van der Waals surface area contributed by atoms with Gasteiger partial charge >= 0.3 is 13.8 Å². The van der Waals surface area contributed by atoms with Crippen molar-refractivity contribution in [2.24, 2.45) is 0 Å². The van der Waals surface area contributed by atoms with E-state index in [4.69, 9.17) is 13.8 Å². The number of phosphoric acid groups is 1. The number of carbonyl (C=O) groups excluding carboxylic acids is 2. The van der Waals surface area contributed by atoms with Gasteiger partial charge in [0.2, 0.25) is 5.91 Å². The van der Waals surface area contributed by atoms with Gasteiger partial charge in [-0.05, 0) is 77.0 Å². The summed E-state index contributed by atoms with van der Waals surface area (Å²) in [5.41, 5.74) is 0. The van der Waals surface area contributed by atoms with Crippen molar-refractivity contribution in [2.45, 2.75) is 174 Å². The number of aliphatic hydroxyl groups is 1. The maximum atomic E-state index is 12.1. The number of nitrogens with one attached hydrogen (secondary N) is 1. The Morgan fingerprint density at radius 3 is 1.66 bits per heavy atom. The van der Waals surface area contributed by atoms with E-state index in [1.54, 1.807) is 0 Å². The first kappa shape index (κ1) is 50.7. The van der Waals surface area contributed by atoms with Crippen LogP contribution in [0.2, 0.25) is 0 Å². The van der Waals surface area contributed by atoms with Crippen LogP contribution in [0.25, 0.3) is 0 Å². The van der Waals surface area contributed by atoms with Crippen LogP contribution in [0.4, 0.5) is 0 Å². The zero-order valence-electron chi connectivity index (χ0n) is 33.4. The lowest BCUT2D eigenvalue weighted by Gasteiger charge is -2.15. The third kappa shape index (κ3) is 40.7. The molecule has 0 aliphatic rings. The molecule has 0 spiro atoms. The predicted molar refractivity (Wildman–Crippen MR) is 220 cm³/mol. The van der Waals surface area contributed by atoms with Crippen molar-refractivity contribution in [3.05, 3.63) is 60.8 Å². The van der Waals surface area contributed by atoms with Crippen molar-refractivity contribution >= 4 is 19.7 Å². The molecule has 3 N–H and O–H groups in total. The highest BCUT2D eigenvalue weighted by Gasteiger charge is 2.23. The van der Waals surface area contributed by atoms with E-state index >= 15 is 0 Å². The number of esters is 1. The molecule has 2 unspecified atom stereocenters. The van der Waals surface area contributed by atoms with Gasteiger partial charge in [-0.25, -0.2) is 4.57 Å². The van der Waals surface area contributed by atoms with Crippen LogP contribution in [-0.2, 0) is 27.9 Å². The van der Waals surface area contributed by atoms with E-state index in [1.807, 2.05) is 0 Å². The lowest BCUT2D eigenvalue weighted by atomic mass is 10.1. The lowest BCUT2D eigenvalue weighted by molar-refractivity contribution is -0.147. The summed E-state index contributed by atoms with van der Waals surface area (Å²) in [5.74, 6) is -0.567. The summed E-state index contributed by atoms with van der Waals surface area (Å²) in [6.45, 7) is 3.36. The van der Waals surface area contributed by atoms with Crippen LogP contribution in [0, 0.1) is 0 Å². The van der Waals surface area contributed by atoms with Gasteiger partial charge < -0.3 is 20.1 Å². The minimum Gasteiger partial charge on any atom is -0.463 e. The van der Waals surface area contributed by atoms with Gasteiger partial charge in [-0.3, -0.25) is 18.6 Å². The van der Waals surface area contributed by atoms with E-state index in [0.29, 0.717) is 6.42 Å². The summed E-state index contributed by atoms with van der Waals surface area (Å²) < 4.78 is 26.8. The number of hydrogen-bond donors (Lipinski definition) is 3. The number of amides is 1. The highest BCUT2D eigenvalue weighted by atomic mass is 31.2. The SMILES string of the molecule is CC/C=C\C/C=C\C/C=C\C/C=C\CCCCC(=O)NCCOP(=O)(O)OCC(O)COC(=O)CCCCCCCCC/C=C\CCCCCCCC. The molecule has 0 aromatic heterocycles. The molecule has 306 valence electrons. The van der Waals surface area contributed by atoms with Gasteiger partial charge in [0, 0.05) is 19.4 Å². The number of allylic oxidation sites excluding steroid dienone is 10. The Morgan fingerprint density at radius 1 is 0.604 bits per heavy atom. The Morgan fingerprint density at radius 2 is 1.08 bits per heavy atom. The Hall–Kier alpha value is -2.29. The second kappa shape index (κ2) is 39.4. The number of phosphoric ester groups is 1. The Kier molecular flexibility index (Phi) is 37.7. The van der Waals surface area contributed by atoms with Gasteiger partial charge in [0.25, 0.3) is 0 Å². The van der Waals surface area contributed by atoms with Gasteiger partial charge in [0.15, 0.2) is 0 Å². The summed E-state index contributed by atoms with van der Waals surface area (Å²) in [5, 5.41) is 12.7. The number of hydrogen-bond acceptors (Lipinski definition) is 7.